The summed E-state index contributed by atoms with van der Waals surface area (Å²) < 4.78 is 4.50. The van der Waals surface area contributed by atoms with Crippen molar-refractivity contribution in [3.8, 4) is 0 Å². The molecular formula is C6H11N3O5. The molecule has 0 unspecified atom stereocenters. The van der Waals surface area contributed by atoms with Crippen LogP contribution in [0.15, 0.2) is 0 Å². The predicted molar refractivity (Wildman–Crippen MR) is 44.3 cm³/mol. The molecule has 0 rings (SSSR count). The number of hydrazine groups is 1. The van der Waals surface area contributed by atoms with Crippen LogP contribution in [0.3, 0.4) is 0 Å². The molecule has 0 bridgehead atoms. The van der Waals surface area contributed by atoms with Crippen LogP contribution >= 0.6 is 0 Å². The van der Waals surface area contributed by atoms with Crippen LogP contribution in [-0.4, -0.2) is 36.4 Å². The highest BCUT2D eigenvalue weighted by Crippen LogP contribution is 1.74. The Morgan fingerprint density at radius 2 is 1.93 bits per heavy atom. The number of urea groups is 1. The SMILES string of the molecule is CCOC(=O)CNC(=O)NNC(=O)O. The summed E-state index contributed by atoms with van der Waals surface area (Å²) in [4.78, 5) is 31.3. The third kappa shape index (κ3) is 6.70. The molecule has 0 radical (unpaired) electrons. The van der Waals surface area contributed by atoms with E-state index in [-0.39, 0.29) is 13.2 Å². The number of ether oxygens (including phenoxy) is 1. The van der Waals surface area contributed by atoms with Gasteiger partial charge in [0.15, 0.2) is 0 Å². The first-order valence-corrected chi connectivity index (χ1v) is 3.74. The number of esters is 1. The number of carbonyl (C=O) groups is 3. The maximum Gasteiger partial charge on any atom is 0.423 e. The van der Waals surface area contributed by atoms with Crippen LogP contribution in [0.2, 0.25) is 0 Å². The highest BCUT2D eigenvalue weighted by atomic mass is 16.5. The van der Waals surface area contributed by atoms with Crippen molar-refractivity contribution in [2.24, 2.45) is 0 Å². The average Bonchev–Trinajstić information content (AvgIpc) is 2.12. The topological polar surface area (TPSA) is 117 Å². The largest absolute Gasteiger partial charge is 0.465 e. The van der Waals surface area contributed by atoms with Crippen LogP contribution in [0.25, 0.3) is 0 Å². The lowest BCUT2D eigenvalue weighted by molar-refractivity contribution is -0.141. The second-order valence-corrected chi connectivity index (χ2v) is 2.04. The van der Waals surface area contributed by atoms with Gasteiger partial charge in [0.25, 0.3) is 0 Å². The fourth-order valence-electron chi connectivity index (χ4n) is 0.519. The van der Waals surface area contributed by atoms with Gasteiger partial charge >= 0.3 is 18.1 Å². The van der Waals surface area contributed by atoms with Gasteiger partial charge in [-0.1, -0.05) is 0 Å². The van der Waals surface area contributed by atoms with E-state index in [1.807, 2.05) is 0 Å². The van der Waals surface area contributed by atoms with E-state index in [9.17, 15) is 14.4 Å². The second-order valence-electron chi connectivity index (χ2n) is 2.04. The normalized spacial score (nSPS) is 8.64. The van der Waals surface area contributed by atoms with Crippen LogP contribution in [0.4, 0.5) is 9.59 Å². The van der Waals surface area contributed by atoms with Crippen molar-refractivity contribution in [2.75, 3.05) is 13.2 Å². The molecule has 0 aliphatic heterocycles. The highest BCUT2D eigenvalue weighted by molar-refractivity contribution is 5.81. The maximum absolute atomic E-state index is 10.7. The zero-order valence-electron chi connectivity index (χ0n) is 7.49. The molecule has 0 atom stereocenters. The first-order valence-electron chi connectivity index (χ1n) is 3.74. The number of carboxylic acid groups (broad SMARTS) is 1. The monoisotopic (exact) mass is 205 g/mol. The molecule has 0 aromatic heterocycles. The summed E-state index contributed by atoms with van der Waals surface area (Å²) in [6.45, 7) is 1.53. The van der Waals surface area contributed by atoms with E-state index in [1.54, 1.807) is 17.8 Å². The van der Waals surface area contributed by atoms with Gasteiger partial charge in [0.1, 0.15) is 6.54 Å². The Balaban J connectivity index is 3.53. The third-order valence-corrected chi connectivity index (χ3v) is 0.982. The van der Waals surface area contributed by atoms with Crippen molar-refractivity contribution in [1.29, 1.82) is 0 Å². The molecule has 0 aromatic carbocycles. The van der Waals surface area contributed by atoms with Gasteiger partial charge in [-0.25, -0.2) is 20.4 Å². The van der Waals surface area contributed by atoms with Crippen LogP contribution in [-0.2, 0) is 9.53 Å². The fourth-order valence-corrected chi connectivity index (χ4v) is 0.519. The summed E-state index contributed by atoms with van der Waals surface area (Å²) >= 11 is 0. The molecule has 0 aromatic rings. The number of amides is 3. The van der Waals surface area contributed by atoms with E-state index in [4.69, 9.17) is 5.11 Å². The van der Waals surface area contributed by atoms with Crippen molar-refractivity contribution in [3.63, 3.8) is 0 Å². The summed E-state index contributed by atoms with van der Waals surface area (Å²) in [7, 11) is 0. The first-order chi connectivity index (χ1) is 6.56. The van der Waals surface area contributed by atoms with Gasteiger partial charge in [-0.15, -0.1) is 0 Å². The smallest absolute Gasteiger partial charge is 0.423 e. The van der Waals surface area contributed by atoms with Gasteiger partial charge in [0, 0.05) is 0 Å². The molecule has 8 nitrogen and oxygen atoms in total. The lowest BCUT2D eigenvalue weighted by Gasteiger charge is -2.05. The molecule has 0 spiro atoms. The van der Waals surface area contributed by atoms with Gasteiger partial charge in [-0.05, 0) is 6.92 Å². The molecule has 80 valence electrons. The minimum atomic E-state index is -1.41. The lowest BCUT2D eigenvalue weighted by atomic mass is 10.6. The van der Waals surface area contributed by atoms with Crippen molar-refractivity contribution < 1.29 is 24.2 Å². The number of hydrogen-bond donors (Lipinski definition) is 4. The molecule has 0 saturated carbocycles. The van der Waals surface area contributed by atoms with Gasteiger partial charge in [-0.3, -0.25) is 4.79 Å². The van der Waals surface area contributed by atoms with Crippen LogP contribution in [0.5, 0.6) is 0 Å². The quantitative estimate of drug-likeness (QED) is 0.349. The zero-order chi connectivity index (χ0) is 11.0. The van der Waals surface area contributed by atoms with Crippen molar-refractivity contribution in [3.05, 3.63) is 0 Å². The number of hydrogen-bond acceptors (Lipinski definition) is 4. The van der Waals surface area contributed by atoms with Crippen molar-refractivity contribution in [2.45, 2.75) is 6.92 Å². The lowest BCUT2D eigenvalue weighted by Crippen LogP contribution is -2.47. The maximum atomic E-state index is 10.7. The standard InChI is InChI=1S/C6H11N3O5/c1-2-14-4(10)3-7-5(11)8-9-6(12)13/h9H,2-3H2,1H3,(H,12,13)(H2,7,8,11). The summed E-state index contributed by atoms with van der Waals surface area (Å²) in [5.74, 6) is -0.599. The Morgan fingerprint density at radius 3 is 2.43 bits per heavy atom. The highest BCUT2D eigenvalue weighted by Gasteiger charge is 2.05. The predicted octanol–water partition coefficient (Wildman–Crippen LogP) is -0.969. The Morgan fingerprint density at radius 1 is 1.29 bits per heavy atom. The summed E-state index contributed by atoms with van der Waals surface area (Å²) in [5, 5.41) is 10.2. The first kappa shape index (κ1) is 12.0. The Bertz CT molecular complexity index is 230. The number of rotatable bonds is 3. The molecule has 0 aliphatic carbocycles. The second kappa shape index (κ2) is 6.52. The van der Waals surface area contributed by atoms with E-state index in [0.29, 0.717) is 0 Å². The molecule has 0 saturated heterocycles. The average molecular weight is 205 g/mol. The van der Waals surface area contributed by atoms with Gasteiger partial charge in [0.2, 0.25) is 0 Å². The summed E-state index contributed by atoms with van der Waals surface area (Å²) in [5.41, 5.74) is 3.38. The summed E-state index contributed by atoms with van der Waals surface area (Å²) in [6, 6.07) is -0.833. The van der Waals surface area contributed by atoms with E-state index in [1.165, 1.54) is 0 Å². The Labute approximate surface area is 79.6 Å². The number of nitrogens with one attached hydrogen (secondary N) is 3. The van der Waals surface area contributed by atoms with Crippen molar-refractivity contribution >= 4 is 18.1 Å². The minimum absolute atomic E-state index is 0.218. The number of carbonyl (C=O) groups excluding carboxylic acids is 2. The molecule has 14 heavy (non-hydrogen) atoms. The van der Waals surface area contributed by atoms with E-state index in [0.717, 1.165) is 0 Å². The zero-order valence-corrected chi connectivity index (χ0v) is 7.49. The van der Waals surface area contributed by atoms with Gasteiger partial charge in [-0.2, -0.15) is 0 Å². The van der Waals surface area contributed by atoms with Gasteiger partial charge in [0.05, 0.1) is 6.61 Å². The molecule has 8 heteroatoms. The minimum Gasteiger partial charge on any atom is -0.465 e. The van der Waals surface area contributed by atoms with Crippen molar-refractivity contribution in [1.82, 2.24) is 16.2 Å². The molecule has 4 N–H and O–H groups in total. The third-order valence-electron chi connectivity index (χ3n) is 0.982. The molecule has 0 fully saturated rings. The Hall–Kier alpha value is -1.99. The summed E-state index contributed by atoms with van der Waals surface area (Å²) in [6.07, 6.45) is -1.41. The molecule has 0 heterocycles. The van der Waals surface area contributed by atoms with E-state index < -0.39 is 18.1 Å². The van der Waals surface area contributed by atoms with Crippen LogP contribution < -0.4 is 16.2 Å². The molecule has 0 aliphatic rings. The van der Waals surface area contributed by atoms with Crippen LogP contribution in [0, 0.1) is 0 Å². The van der Waals surface area contributed by atoms with Crippen LogP contribution in [0.1, 0.15) is 6.92 Å². The van der Waals surface area contributed by atoms with Gasteiger partial charge < -0.3 is 15.2 Å². The molecular weight excluding hydrogens is 194 g/mol. The molecule has 3 amide bonds. The van der Waals surface area contributed by atoms with E-state index >= 15 is 0 Å². The fraction of sp³-hybridized carbons (Fsp3) is 0.500. The van der Waals surface area contributed by atoms with E-state index in [2.05, 4.69) is 10.1 Å². The Kier molecular flexibility index (Phi) is 5.59.